The second-order valence-corrected chi connectivity index (χ2v) is 8.46. The Labute approximate surface area is 150 Å². The first-order valence-electron chi connectivity index (χ1n) is 8.99. The zero-order chi connectivity index (χ0) is 18.1. The molecule has 1 saturated carbocycles. The Kier molecular flexibility index (Phi) is 4.64. The lowest BCUT2D eigenvalue weighted by atomic mass is 9.78. The number of hydrogen-bond acceptors (Lipinski definition) is 4. The van der Waals surface area contributed by atoms with Crippen molar-refractivity contribution in [2.24, 2.45) is 5.41 Å². The van der Waals surface area contributed by atoms with Crippen molar-refractivity contribution < 1.29 is 9.53 Å². The van der Waals surface area contributed by atoms with Crippen molar-refractivity contribution in [2.45, 2.75) is 58.1 Å². The van der Waals surface area contributed by atoms with Crippen molar-refractivity contribution >= 4 is 11.8 Å². The monoisotopic (exact) mass is 341 g/mol. The molecule has 1 spiro atoms. The predicted molar refractivity (Wildman–Crippen MR) is 97.3 cm³/mol. The van der Waals surface area contributed by atoms with Gasteiger partial charge in [0.25, 0.3) is 0 Å². The maximum atomic E-state index is 12.1. The van der Waals surface area contributed by atoms with Gasteiger partial charge in [-0.2, -0.15) is 5.26 Å². The minimum Gasteiger partial charge on any atom is -0.444 e. The minimum atomic E-state index is -0.436. The molecule has 134 valence electrons. The molecule has 1 aromatic carbocycles. The van der Waals surface area contributed by atoms with Gasteiger partial charge in [0.05, 0.1) is 12.5 Å². The van der Waals surface area contributed by atoms with Gasteiger partial charge in [-0.25, -0.2) is 4.79 Å². The van der Waals surface area contributed by atoms with E-state index in [4.69, 9.17) is 10.00 Å². The van der Waals surface area contributed by atoms with Crippen LogP contribution >= 0.6 is 0 Å². The smallest absolute Gasteiger partial charge is 0.410 e. The van der Waals surface area contributed by atoms with E-state index in [1.54, 1.807) is 0 Å². The SMILES string of the molecule is CC(C)(C)OC(=O)N1CC2(CCC(Nc3cccc(CC#N)c3)C2)C1. The third-order valence-corrected chi connectivity index (χ3v) is 4.99. The Morgan fingerprint density at radius 1 is 1.44 bits per heavy atom. The summed E-state index contributed by atoms with van der Waals surface area (Å²) in [5.41, 5.74) is 1.94. The van der Waals surface area contributed by atoms with Crippen molar-refractivity contribution in [3.8, 4) is 6.07 Å². The number of carbonyl (C=O) groups excluding carboxylic acids is 1. The molecule has 1 heterocycles. The number of likely N-dealkylation sites (tertiary alicyclic amines) is 1. The van der Waals surface area contributed by atoms with Crippen LogP contribution in [0.3, 0.4) is 0 Å². The van der Waals surface area contributed by atoms with Gasteiger partial charge in [0.2, 0.25) is 0 Å². The molecule has 2 aliphatic rings. The van der Waals surface area contributed by atoms with E-state index in [2.05, 4.69) is 23.5 Å². The van der Waals surface area contributed by atoms with Crippen LogP contribution in [-0.4, -0.2) is 35.7 Å². The molecule has 1 atom stereocenters. The van der Waals surface area contributed by atoms with E-state index in [1.165, 1.54) is 0 Å². The summed E-state index contributed by atoms with van der Waals surface area (Å²) in [5.74, 6) is 0. The summed E-state index contributed by atoms with van der Waals surface area (Å²) >= 11 is 0. The highest BCUT2D eigenvalue weighted by molar-refractivity contribution is 5.69. The first kappa shape index (κ1) is 17.6. The zero-order valence-electron chi connectivity index (χ0n) is 15.3. The molecule has 0 radical (unpaired) electrons. The van der Waals surface area contributed by atoms with E-state index >= 15 is 0 Å². The van der Waals surface area contributed by atoms with E-state index in [1.807, 2.05) is 37.8 Å². The minimum absolute atomic E-state index is 0.196. The molecule has 1 aliphatic carbocycles. The van der Waals surface area contributed by atoms with Crippen LogP contribution in [0.4, 0.5) is 10.5 Å². The van der Waals surface area contributed by atoms with Crippen LogP contribution in [0.2, 0.25) is 0 Å². The summed E-state index contributed by atoms with van der Waals surface area (Å²) in [7, 11) is 0. The quantitative estimate of drug-likeness (QED) is 0.904. The largest absolute Gasteiger partial charge is 0.444 e. The number of amides is 1. The highest BCUT2D eigenvalue weighted by Gasteiger charge is 2.50. The number of ether oxygens (including phenoxy) is 1. The molecule has 0 bridgehead atoms. The van der Waals surface area contributed by atoms with E-state index < -0.39 is 5.60 Å². The lowest BCUT2D eigenvalue weighted by molar-refractivity contribution is -0.0321. The van der Waals surface area contributed by atoms with Crippen molar-refractivity contribution in [3.63, 3.8) is 0 Å². The van der Waals surface area contributed by atoms with Crippen LogP contribution in [0, 0.1) is 16.7 Å². The molecule has 3 rings (SSSR count). The fraction of sp³-hybridized carbons (Fsp3) is 0.600. The summed E-state index contributed by atoms with van der Waals surface area (Å²) in [6.07, 6.45) is 3.58. The number of nitriles is 1. The normalized spacial score (nSPS) is 21.5. The average Bonchev–Trinajstić information content (AvgIpc) is 2.89. The molecule has 5 heteroatoms. The summed E-state index contributed by atoms with van der Waals surface area (Å²) < 4.78 is 5.45. The first-order chi connectivity index (χ1) is 11.8. The maximum absolute atomic E-state index is 12.1. The van der Waals surface area contributed by atoms with Gasteiger partial charge in [-0.05, 0) is 57.7 Å². The van der Waals surface area contributed by atoms with Gasteiger partial charge < -0.3 is 15.0 Å². The fourth-order valence-corrected chi connectivity index (χ4v) is 3.93. The second kappa shape index (κ2) is 6.59. The van der Waals surface area contributed by atoms with Gasteiger partial charge in [-0.1, -0.05) is 12.1 Å². The lowest BCUT2D eigenvalue weighted by Crippen LogP contribution is -2.58. The Bertz CT molecular complexity index is 681. The van der Waals surface area contributed by atoms with Gasteiger partial charge in [0.15, 0.2) is 0 Å². The molecule has 0 aromatic heterocycles. The van der Waals surface area contributed by atoms with E-state index in [0.717, 1.165) is 43.6 Å². The molecule has 1 unspecified atom stereocenters. The number of anilines is 1. The number of nitrogens with one attached hydrogen (secondary N) is 1. The van der Waals surface area contributed by atoms with Crippen LogP contribution in [-0.2, 0) is 11.2 Å². The molecular formula is C20H27N3O2. The van der Waals surface area contributed by atoms with E-state index in [0.29, 0.717) is 12.5 Å². The molecular weight excluding hydrogens is 314 g/mol. The van der Waals surface area contributed by atoms with Gasteiger partial charge in [-0.3, -0.25) is 0 Å². The van der Waals surface area contributed by atoms with Crippen LogP contribution in [0.1, 0.15) is 45.6 Å². The van der Waals surface area contributed by atoms with Crippen LogP contribution in [0.15, 0.2) is 24.3 Å². The van der Waals surface area contributed by atoms with Crippen molar-refractivity contribution in [1.82, 2.24) is 4.90 Å². The van der Waals surface area contributed by atoms with Gasteiger partial charge >= 0.3 is 6.09 Å². The predicted octanol–water partition coefficient (Wildman–Crippen LogP) is 3.95. The van der Waals surface area contributed by atoms with Gasteiger partial charge in [-0.15, -0.1) is 0 Å². The summed E-state index contributed by atoms with van der Waals surface area (Å²) in [6.45, 7) is 7.30. The van der Waals surface area contributed by atoms with Gasteiger partial charge in [0.1, 0.15) is 5.60 Å². The fourth-order valence-electron chi connectivity index (χ4n) is 3.93. The number of carbonyl (C=O) groups is 1. The lowest BCUT2D eigenvalue weighted by Gasteiger charge is -2.48. The molecule has 1 N–H and O–H groups in total. The second-order valence-electron chi connectivity index (χ2n) is 8.46. The van der Waals surface area contributed by atoms with Gasteiger partial charge in [0, 0.05) is 30.2 Å². The Hall–Kier alpha value is -2.22. The molecule has 5 nitrogen and oxygen atoms in total. The van der Waals surface area contributed by atoms with Crippen LogP contribution < -0.4 is 5.32 Å². The highest BCUT2D eigenvalue weighted by Crippen LogP contribution is 2.46. The molecule has 1 aliphatic heterocycles. The Morgan fingerprint density at radius 2 is 2.20 bits per heavy atom. The average molecular weight is 341 g/mol. The third kappa shape index (κ3) is 4.25. The summed E-state index contributed by atoms with van der Waals surface area (Å²) in [6, 6.07) is 10.7. The van der Waals surface area contributed by atoms with Crippen LogP contribution in [0.5, 0.6) is 0 Å². The molecule has 25 heavy (non-hydrogen) atoms. The number of hydrogen-bond donors (Lipinski definition) is 1. The highest BCUT2D eigenvalue weighted by atomic mass is 16.6. The maximum Gasteiger partial charge on any atom is 0.410 e. The number of nitrogens with zero attached hydrogens (tertiary/aromatic N) is 2. The zero-order valence-corrected chi connectivity index (χ0v) is 15.3. The third-order valence-electron chi connectivity index (χ3n) is 4.99. The summed E-state index contributed by atoms with van der Waals surface area (Å²) in [5, 5.41) is 12.4. The number of benzene rings is 1. The number of rotatable bonds is 3. The van der Waals surface area contributed by atoms with Crippen molar-refractivity contribution in [1.29, 1.82) is 5.26 Å². The molecule has 1 saturated heterocycles. The van der Waals surface area contributed by atoms with Crippen molar-refractivity contribution in [2.75, 3.05) is 18.4 Å². The van der Waals surface area contributed by atoms with Crippen LogP contribution in [0.25, 0.3) is 0 Å². The van der Waals surface area contributed by atoms with E-state index in [-0.39, 0.29) is 11.5 Å². The Morgan fingerprint density at radius 3 is 2.88 bits per heavy atom. The van der Waals surface area contributed by atoms with Crippen molar-refractivity contribution in [3.05, 3.63) is 29.8 Å². The Balaban J connectivity index is 1.51. The summed E-state index contributed by atoms with van der Waals surface area (Å²) in [4.78, 5) is 13.9. The standard InChI is InChI=1S/C20H27N3O2/c1-19(2,3)25-18(24)23-13-20(14-23)9-7-17(12-20)22-16-6-4-5-15(11-16)8-10-21/h4-6,11,17,22H,7-9,12-14H2,1-3H3. The first-order valence-corrected chi connectivity index (χ1v) is 8.99. The van der Waals surface area contributed by atoms with E-state index in [9.17, 15) is 4.79 Å². The molecule has 1 aromatic rings. The topological polar surface area (TPSA) is 65.4 Å². The molecule has 2 fully saturated rings. The molecule has 1 amide bonds.